The average Bonchev–Trinajstić information content (AvgIpc) is 2.82. The number of carbonyl (C=O) groups is 1. The first kappa shape index (κ1) is 14.3. The largest absolute Gasteiger partial charge is 0.326 e. The van der Waals surface area contributed by atoms with Gasteiger partial charge in [-0.1, -0.05) is 11.6 Å². The number of hydrogen-bond acceptors (Lipinski definition) is 2. The van der Waals surface area contributed by atoms with Crippen LogP contribution in [-0.2, 0) is 11.2 Å². The predicted octanol–water partition coefficient (Wildman–Crippen LogP) is 3.77. The van der Waals surface area contributed by atoms with Crippen LogP contribution >= 0.6 is 34.2 Å². The van der Waals surface area contributed by atoms with Gasteiger partial charge in [-0.25, -0.2) is 4.98 Å². The van der Waals surface area contributed by atoms with Crippen LogP contribution in [0.5, 0.6) is 0 Å². The normalized spacial score (nSPS) is 10.8. The molecule has 0 spiro atoms. The molecule has 0 unspecified atom stereocenters. The standard InChI is InChI=1S/C15H11ClIN3O/c16-10-1-6-14-18-13(9-20(14)8-10)7-15(21)19-12-4-2-11(17)3-5-12/h1-6,8-9H,7H2,(H,19,21). The molecule has 0 bridgehead atoms. The lowest BCUT2D eigenvalue weighted by atomic mass is 10.3. The molecule has 0 saturated heterocycles. The van der Waals surface area contributed by atoms with Crippen LogP contribution in [0.3, 0.4) is 0 Å². The number of anilines is 1. The van der Waals surface area contributed by atoms with Crippen molar-refractivity contribution in [1.82, 2.24) is 9.38 Å². The summed E-state index contributed by atoms with van der Waals surface area (Å²) in [5.41, 5.74) is 2.27. The highest BCUT2D eigenvalue weighted by molar-refractivity contribution is 14.1. The van der Waals surface area contributed by atoms with E-state index in [-0.39, 0.29) is 12.3 Å². The SMILES string of the molecule is O=C(Cc1cn2cc(Cl)ccc2n1)Nc1ccc(I)cc1. The minimum Gasteiger partial charge on any atom is -0.326 e. The predicted molar refractivity (Wildman–Crippen MR) is 91.7 cm³/mol. The molecule has 0 atom stereocenters. The molecule has 0 aliphatic heterocycles. The van der Waals surface area contributed by atoms with Gasteiger partial charge in [-0.3, -0.25) is 4.79 Å². The number of nitrogens with one attached hydrogen (secondary N) is 1. The van der Waals surface area contributed by atoms with Gasteiger partial charge in [0.2, 0.25) is 5.91 Å². The number of imidazole rings is 1. The lowest BCUT2D eigenvalue weighted by Gasteiger charge is -2.03. The Morgan fingerprint density at radius 2 is 1.95 bits per heavy atom. The van der Waals surface area contributed by atoms with Crippen molar-refractivity contribution in [1.29, 1.82) is 0 Å². The summed E-state index contributed by atoms with van der Waals surface area (Å²) in [5, 5.41) is 3.49. The Kier molecular flexibility index (Phi) is 4.12. The fourth-order valence-corrected chi connectivity index (χ4v) is 2.53. The van der Waals surface area contributed by atoms with E-state index in [9.17, 15) is 4.79 Å². The summed E-state index contributed by atoms with van der Waals surface area (Å²) in [5.74, 6) is -0.0919. The Labute approximate surface area is 140 Å². The fourth-order valence-electron chi connectivity index (χ4n) is 2.01. The van der Waals surface area contributed by atoms with Crippen molar-refractivity contribution in [2.24, 2.45) is 0 Å². The highest BCUT2D eigenvalue weighted by atomic mass is 127. The Balaban J connectivity index is 1.72. The number of halogens is 2. The van der Waals surface area contributed by atoms with Crippen LogP contribution in [0.15, 0.2) is 48.8 Å². The lowest BCUT2D eigenvalue weighted by Crippen LogP contribution is -2.14. The molecule has 4 nitrogen and oxygen atoms in total. The van der Waals surface area contributed by atoms with Crippen molar-refractivity contribution < 1.29 is 4.79 Å². The van der Waals surface area contributed by atoms with Gasteiger partial charge in [0.25, 0.3) is 0 Å². The Morgan fingerprint density at radius 1 is 1.19 bits per heavy atom. The third-order valence-corrected chi connectivity index (χ3v) is 3.88. The maximum Gasteiger partial charge on any atom is 0.230 e. The first-order valence-corrected chi connectivity index (χ1v) is 7.74. The van der Waals surface area contributed by atoms with E-state index in [4.69, 9.17) is 11.6 Å². The summed E-state index contributed by atoms with van der Waals surface area (Å²) in [7, 11) is 0. The van der Waals surface area contributed by atoms with Crippen molar-refractivity contribution in [3.05, 3.63) is 63.1 Å². The van der Waals surface area contributed by atoms with E-state index in [1.165, 1.54) is 0 Å². The van der Waals surface area contributed by atoms with Gasteiger partial charge in [0.05, 0.1) is 17.1 Å². The summed E-state index contributed by atoms with van der Waals surface area (Å²) in [6.45, 7) is 0. The molecule has 2 heterocycles. The Bertz CT molecular complexity index is 798. The molecule has 0 saturated carbocycles. The van der Waals surface area contributed by atoms with E-state index < -0.39 is 0 Å². The molecule has 3 rings (SSSR count). The quantitative estimate of drug-likeness (QED) is 0.667. The van der Waals surface area contributed by atoms with Gasteiger partial charge < -0.3 is 9.72 Å². The maximum atomic E-state index is 12.0. The minimum atomic E-state index is -0.0919. The van der Waals surface area contributed by atoms with Crippen LogP contribution in [0, 0.1) is 3.57 Å². The molecule has 1 aromatic carbocycles. The number of rotatable bonds is 3. The van der Waals surface area contributed by atoms with Crippen LogP contribution in [0.25, 0.3) is 5.65 Å². The molecule has 0 radical (unpaired) electrons. The van der Waals surface area contributed by atoms with Gasteiger partial charge in [0.1, 0.15) is 5.65 Å². The number of aromatic nitrogens is 2. The molecule has 106 valence electrons. The zero-order valence-electron chi connectivity index (χ0n) is 10.9. The molecule has 21 heavy (non-hydrogen) atoms. The van der Waals surface area contributed by atoms with Gasteiger partial charge in [-0.15, -0.1) is 0 Å². The van der Waals surface area contributed by atoms with Gasteiger partial charge in [-0.05, 0) is 59.0 Å². The van der Waals surface area contributed by atoms with E-state index in [1.54, 1.807) is 12.3 Å². The van der Waals surface area contributed by atoms with Crippen molar-refractivity contribution >= 4 is 51.4 Å². The summed E-state index contributed by atoms with van der Waals surface area (Å²) < 4.78 is 2.94. The molecule has 0 aliphatic rings. The van der Waals surface area contributed by atoms with E-state index in [0.717, 1.165) is 14.9 Å². The zero-order chi connectivity index (χ0) is 14.8. The molecule has 1 N–H and O–H groups in total. The third-order valence-electron chi connectivity index (χ3n) is 2.93. The zero-order valence-corrected chi connectivity index (χ0v) is 13.8. The van der Waals surface area contributed by atoms with Crippen LogP contribution in [0.2, 0.25) is 5.02 Å². The molecule has 3 aromatic rings. The number of carbonyl (C=O) groups excluding carboxylic acids is 1. The molecule has 2 aromatic heterocycles. The summed E-state index contributed by atoms with van der Waals surface area (Å²) in [6, 6.07) is 11.3. The minimum absolute atomic E-state index is 0.0919. The monoisotopic (exact) mass is 411 g/mol. The summed E-state index contributed by atoms with van der Waals surface area (Å²) >= 11 is 8.15. The first-order valence-electron chi connectivity index (χ1n) is 6.29. The topological polar surface area (TPSA) is 46.4 Å². The number of nitrogens with zero attached hydrogens (tertiary/aromatic N) is 2. The fraction of sp³-hybridized carbons (Fsp3) is 0.0667. The van der Waals surface area contributed by atoms with Gasteiger partial charge in [0, 0.05) is 21.7 Å². The number of amides is 1. The molecule has 0 aliphatic carbocycles. The van der Waals surface area contributed by atoms with Crippen molar-refractivity contribution in [3.63, 3.8) is 0 Å². The van der Waals surface area contributed by atoms with Crippen molar-refractivity contribution in [2.45, 2.75) is 6.42 Å². The van der Waals surface area contributed by atoms with Crippen LogP contribution in [0.4, 0.5) is 5.69 Å². The van der Waals surface area contributed by atoms with Crippen LogP contribution in [0.1, 0.15) is 5.69 Å². The summed E-state index contributed by atoms with van der Waals surface area (Å²) in [6.07, 6.45) is 3.81. The third kappa shape index (κ3) is 3.54. The number of benzene rings is 1. The van der Waals surface area contributed by atoms with Crippen LogP contribution in [-0.4, -0.2) is 15.3 Å². The lowest BCUT2D eigenvalue weighted by molar-refractivity contribution is -0.115. The highest BCUT2D eigenvalue weighted by Gasteiger charge is 2.08. The number of hydrogen-bond donors (Lipinski definition) is 1. The maximum absolute atomic E-state index is 12.0. The van der Waals surface area contributed by atoms with Gasteiger partial charge in [0.15, 0.2) is 0 Å². The van der Waals surface area contributed by atoms with E-state index >= 15 is 0 Å². The molecule has 6 heteroatoms. The van der Waals surface area contributed by atoms with Gasteiger partial charge in [-0.2, -0.15) is 0 Å². The second kappa shape index (κ2) is 6.03. The first-order chi connectivity index (χ1) is 10.1. The highest BCUT2D eigenvalue weighted by Crippen LogP contribution is 2.14. The Hall–Kier alpha value is -1.60. The molecule has 1 amide bonds. The Morgan fingerprint density at radius 3 is 2.71 bits per heavy atom. The smallest absolute Gasteiger partial charge is 0.230 e. The van der Waals surface area contributed by atoms with Crippen LogP contribution < -0.4 is 5.32 Å². The van der Waals surface area contributed by atoms with Gasteiger partial charge >= 0.3 is 0 Å². The van der Waals surface area contributed by atoms with Crippen molar-refractivity contribution in [2.75, 3.05) is 5.32 Å². The molecular weight excluding hydrogens is 401 g/mol. The molecule has 0 fully saturated rings. The van der Waals surface area contributed by atoms with E-state index in [0.29, 0.717) is 10.7 Å². The second-order valence-electron chi connectivity index (χ2n) is 4.58. The average molecular weight is 412 g/mol. The van der Waals surface area contributed by atoms with E-state index in [1.807, 2.05) is 40.9 Å². The number of fused-ring (bicyclic) bond motifs is 1. The summed E-state index contributed by atoms with van der Waals surface area (Å²) in [4.78, 5) is 16.4. The second-order valence-corrected chi connectivity index (χ2v) is 6.26. The number of pyridine rings is 1. The van der Waals surface area contributed by atoms with Crippen molar-refractivity contribution in [3.8, 4) is 0 Å². The molecular formula is C15H11ClIN3O. The van der Waals surface area contributed by atoms with E-state index in [2.05, 4.69) is 32.9 Å².